The van der Waals surface area contributed by atoms with Gasteiger partial charge in [-0.3, -0.25) is 0 Å². The summed E-state index contributed by atoms with van der Waals surface area (Å²) in [5, 5.41) is 12.3. The van der Waals surface area contributed by atoms with Crippen LogP contribution in [0.2, 0.25) is 0 Å². The van der Waals surface area contributed by atoms with Gasteiger partial charge in [-0.2, -0.15) is 0 Å². The second-order valence-corrected chi connectivity index (χ2v) is 2.84. The van der Waals surface area contributed by atoms with Crippen molar-refractivity contribution in [1.29, 1.82) is 0 Å². The molecule has 0 spiro atoms. The highest BCUT2D eigenvalue weighted by Crippen LogP contribution is 2.08. The molecule has 0 aliphatic carbocycles. The maximum Gasteiger partial charge on any atom is 0.115 e. The predicted octanol–water partition coefficient (Wildman–Crippen LogP) is 2.92. The Hall–Kier alpha value is -1.02. The molecule has 2 N–H and O–H groups in total. The summed E-state index contributed by atoms with van der Waals surface area (Å²) < 4.78 is 0. The van der Waals surface area contributed by atoms with Crippen LogP contribution in [-0.2, 0) is 6.54 Å². The van der Waals surface area contributed by atoms with E-state index in [0.29, 0.717) is 5.75 Å². The Bertz CT molecular complexity index is 218. The van der Waals surface area contributed by atoms with Crippen molar-refractivity contribution in [3.8, 4) is 5.75 Å². The van der Waals surface area contributed by atoms with Crippen molar-refractivity contribution in [3.05, 3.63) is 29.8 Å². The van der Waals surface area contributed by atoms with Crippen molar-refractivity contribution in [2.75, 3.05) is 6.54 Å². The van der Waals surface area contributed by atoms with Gasteiger partial charge >= 0.3 is 0 Å². The predicted molar refractivity (Wildman–Crippen MR) is 61.5 cm³/mol. The van der Waals surface area contributed by atoms with E-state index in [1.165, 1.54) is 5.56 Å². The lowest BCUT2D eigenvalue weighted by atomic mass is 10.2. The fourth-order valence-corrected chi connectivity index (χ4v) is 1.02. The van der Waals surface area contributed by atoms with Gasteiger partial charge in [0, 0.05) is 6.54 Å². The highest BCUT2D eigenvalue weighted by atomic mass is 16.3. The zero-order valence-electron chi connectivity index (χ0n) is 9.38. The van der Waals surface area contributed by atoms with Gasteiger partial charge in [0.05, 0.1) is 0 Å². The third-order valence-corrected chi connectivity index (χ3v) is 1.69. The van der Waals surface area contributed by atoms with Crippen molar-refractivity contribution in [1.82, 2.24) is 5.32 Å². The third-order valence-electron chi connectivity index (χ3n) is 1.69. The zero-order valence-corrected chi connectivity index (χ0v) is 9.38. The second kappa shape index (κ2) is 8.57. The molecule has 14 heavy (non-hydrogen) atoms. The van der Waals surface area contributed by atoms with Crippen LogP contribution in [0.25, 0.3) is 0 Å². The third kappa shape index (κ3) is 5.60. The lowest BCUT2D eigenvalue weighted by molar-refractivity contribution is 0.475. The molecular weight excluding hydrogens is 174 g/mol. The van der Waals surface area contributed by atoms with Crippen LogP contribution in [0.5, 0.6) is 5.75 Å². The van der Waals surface area contributed by atoms with Gasteiger partial charge in [0.15, 0.2) is 0 Å². The summed E-state index contributed by atoms with van der Waals surface area (Å²) in [5.41, 5.74) is 1.21. The number of benzene rings is 1. The van der Waals surface area contributed by atoms with Crippen LogP contribution in [0.4, 0.5) is 0 Å². The molecule has 0 amide bonds. The van der Waals surface area contributed by atoms with E-state index in [2.05, 4.69) is 12.2 Å². The summed E-state index contributed by atoms with van der Waals surface area (Å²) in [5.74, 6) is 0.328. The SMILES string of the molecule is CC.CCCNCc1ccc(O)cc1. The molecule has 2 heteroatoms. The molecule has 1 aromatic rings. The average Bonchev–Trinajstić information content (AvgIpc) is 2.24. The molecule has 0 radical (unpaired) electrons. The largest absolute Gasteiger partial charge is 0.508 e. The minimum atomic E-state index is 0.328. The Morgan fingerprint density at radius 1 is 1.14 bits per heavy atom. The van der Waals surface area contributed by atoms with Crippen molar-refractivity contribution >= 4 is 0 Å². The Labute approximate surface area is 87.0 Å². The summed E-state index contributed by atoms with van der Waals surface area (Å²) in [6, 6.07) is 7.28. The van der Waals surface area contributed by atoms with Crippen LogP contribution >= 0.6 is 0 Å². The van der Waals surface area contributed by atoms with Crippen LogP contribution in [-0.4, -0.2) is 11.7 Å². The molecule has 0 fully saturated rings. The summed E-state index contributed by atoms with van der Waals surface area (Å²) in [6.45, 7) is 8.07. The fourth-order valence-electron chi connectivity index (χ4n) is 1.02. The molecule has 0 bridgehead atoms. The summed E-state index contributed by atoms with van der Waals surface area (Å²) >= 11 is 0. The molecule has 1 rings (SSSR count). The van der Waals surface area contributed by atoms with Gasteiger partial charge in [-0.25, -0.2) is 0 Å². The van der Waals surface area contributed by atoms with E-state index in [0.717, 1.165) is 19.5 Å². The number of hydrogen-bond acceptors (Lipinski definition) is 2. The van der Waals surface area contributed by atoms with Crippen molar-refractivity contribution < 1.29 is 5.11 Å². The average molecular weight is 195 g/mol. The maximum absolute atomic E-state index is 9.01. The first-order chi connectivity index (χ1) is 6.83. The first kappa shape index (κ1) is 13.0. The fraction of sp³-hybridized carbons (Fsp3) is 0.500. The minimum Gasteiger partial charge on any atom is -0.508 e. The van der Waals surface area contributed by atoms with Crippen LogP contribution in [0.3, 0.4) is 0 Å². The lowest BCUT2D eigenvalue weighted by Crippen LogP contribution is -2.13. The molecule has 0 atom stereocenters. The van der Waals surface area contributed by atoms with E-state index in [4.69, 9.17) is 5.11 Å². The highest BCUT2D eigenvalue weighted by molar-refractivity contribution is 5.25. The summed E-state index contributed by atoms with van der Waals surface area (Å²) in [6.07, 6.45) is 1.15. The van der Waals surface area contributed by atoms with Gasteiger partial charge in [0.2, 0.25) is 0 Å². The van der Waals surface area contributed by atoms with E-state index in [9.17, 15) is 0 Å². The van der Waals surface area contributed by atoms with Crippen LogP contribution in [0.15, 0.2) is 24.3 Å². The van der Waals surface area contributed by atoms with Gasteiger partial charge in [0.25, 0.3) is 0 Å². The smallest absolute Gasteiger partial charge is 0.115 e. The molecule has 0 aliphatic rings. The van der Waals surface area contributed by atoms with Gasteiger partial charge in [-0.15, -0.1) is 0 Å². The van der Waals surface area contributed by atoms with Crippen LogP contribution < -0.4 is 5.32 Å². The standard InChI is InChI=1S/C10H15NO.C2H6/c1-2-7-11-8-9-3-5-10(12)6-4-9;1-2/h3-6,11-12H,2,7-8H2,1H3;1-2H3. The number of aromatic hydroxyl groups is 1. The zero-order chi connectivity index (χ0) is 10.8. The molecule has 0 saturated heterocycles. The molecular formula is C12H21NO. The van der Waals surface area contributed by atoms with E-state index < -0.39 is 0 Å². The highest BCUT2D eigenvalue weighted by Gasteiger charge is 1.91. The van der Waals surface area contributed by atoms with E-state index >= 15 is 0 Å². The minimum absolute atomic E-state index is 0.328. The van der Waals surface area contributed by atoms with Gasteiger partial charge in [-0.1, -0.05) is 32.9 Å². The number of phenolic OH excluding ortho intramolecular Hbond substituents is 1. The number of hydrogen-bond donors (Lipinski definition) is 2. The molecule has 1 aromatic carbocycles. The molecule has 80 valence electrons. The van der Waals surface area contributed by atoms with E-state index in [1.54, 1.807) is 12.1 Å². The number of rotatable bonds is 4. The molecule has 2 nitrogen and oxygen atoms in total. The molecule has 0 heterocycles. The van der Waals surface area contributed by atoms with Crippen LogP contribution in [0.1, 0.15) is 32.8 Å². The quantitative estimate of drug-likeness (QED) is 0.724. The molecule has 0 aromatic heterocycles. The van der Waals surface area contributed by atoms with Gasteiger partial charge < -0.3 is 10.4 Å². The molecule has 0 aliphatic heterocycles. The summed E-state index contributed by atoms with van der Waals surface area (Å²) in [7, 11) is 0. The van der Waals surface area contributed by atoms with Crippen LogP contribution in [0, 0.1) is 0 Å². The van der Waals surface area contributed by atoms with Crippen molar-refractivity contribution in [3.63, 3.8) is 0 Å². The normalized spacial score (nSPS) is 9.07. The monoisotopic (exact) mass is 195 g/mol. The van der Waals surface area contributed by atoms with Gasteiger partial charge in [-0.05, 0) is 30.7 Å². The Kier molecular flexibility index (Phi) is 7.95. The number of phenols is 1. The topological polar surface area (TPSA) is 32.3 Å². The van der Waals surface area contributed by atoms with E-state index in [1.807, 2.05) is 26.0 Å². The first-order valence-corrected chi connectivity index (χ1v) is 5.31. The first-order valence-electron chi connectivity index (χ1n) is 5.31. The maximum atomic E-state index is 9.01. The van der Waals surface area contributed by atoms with Gasteiger partial charge in [0.1, 0.15) is 5.75 Å². The molecule has 0 saturated carbocycles. The summed E-state index contributed by atoms with van der Waals surface area (Å²) in [4.78, 5) is 0. The van der Waals surface area contributed by atoms with Crippen molar-refractivity contribution in [2.45, 2.75) is 33.7 Å². The Balaban J connectivity index is 0.000000791. The Morgan fingerprint density at radius 3 is 2.21 bits per heavy atom. The lowest BCUT2D eigenvalue weighted by Gasteiger charge is -2.02. The second-order valence-electron chi connectivity index (χ2n) is 2.84. The van der Waals surface area contributed by atoms with Crippen molar-refractivity contribution in [2.24, 2.45) is 0 Å². The molecule has 0 unspecified atom stereocenters. The Morgan fingerprint density at radius 2 is 1.71 bits per heavy atom. The number of nitrogens with one attached hydrogen (secondary N) is 1. The van der Waals surface area contributed by atoms with E-state index in [-0.39, 0.29) is 0 Å².